The summed E-state index contributed by atoms with van der Waals surface area (Å²) in [6.07, 6.45) is 2.18. The van der Waals surface area contributed by atoms with Gasteiger partial charge in [0.25, 0.3) is 0 Å². The van der Waals surface area contributed by atoms with Crippen LogP contribution in [-0.4, -0.2) is 12.0 Å². The van der Waals surface area contributed by atoms with E-state index in [9.17, 15) is 0 Å². The lowest BCUT2D eigenvalue weighted by Crippen LogP contribution is -2.37. The summed E-state index contributed by atoms with van der Waals surface area (Å²) in [4.78, 5) is 4.45. The molecule has 0 aromatic heterocycles. The highest BCUT2D eigenvalue weighted by Gasteiger charge is 2.01. The molecule has 0 aliphatic carbocycles. The maximum Gasteiger partial charge on any atom is 0.210 e. The van der Waals surface area contributed by atoms with E-state index < -0.39 is 0 Å². The predicted octanol–water partition coefficient (Wildman–Crippen LogP) is 2.11. The largest absolute Gasteiger partial charge is 0.325 e. The quantitative estimate of drug-likeness (QED) is 0.315. The average Bonchev–Trinajstić information content (AvgIpc) is 2.30. The zero-order valence-corrected chi connectivity index (χ0v) is 9.90. The van der Waals surface area contributed by atoms with Gasteiger partial charge in [0.1, 0.15) is 0 Å². The van der Waals surface area contributed by atoms with Crippen LogP contribution in [0.1, 0.15) is 26.7 Å². The Labute approximate surface area is 96.9 Å². The molecule has 0 amide bonds. The second-order valence-electron chi connectivity index (χ2n) is 3.75. The van der Waals surface area contributed by atoms with Crippen LogP contribution in [-0.2, 0) is 0 Å². The van der Waals surface area contributed by atoms with Gasteiger partial charge in [-0.15, -0.1) is 0 Å². The van der Waals surface area contributed by atoms with Crippen molar-refractivity contribution in [2.24, 2.45) is 10.8 Å². The van der Waals surface area contributed by atoms with E-state index in [2.05, 4.69) is 29.6 Å². The highest BCUT2D eigenvalue weighted by molar-refractivity contribution is 5.93. The smallest absolute Gasteiger partial charge is 0.210 e. The molecule has 0 saturated carbocycles. The van der Waals surface area contributed by atoms with E-state index in [0.29, 0.717) is 5.96 Å². The Morgan fingerprint density at radius 2 is 2.06 bits per heavy atom. The van der Waals surface area contributed by atoms with Crippen LogP contribution >= 0.6 is 0 Å². The first-order valence-corrected chi connectivity index (χ1v) is 5.62. The van der Waals surface area contributed by atoms with Gasteiger partial charge in [-0.1, -0.05) is 31.5 Å². The van der Waals surface area contributed by atoms with Crippen LogP contribution in [0.3, 0.4) is 0 Å². The van der Waals surface area contributed by atoms with Crippen LogP contribution < -0.4 is 16.6 Å². The van der Waals surface area contributed by atoms with E-state index in [0.717, 1.165) is 18.5 Å². The van der Waals surface area contributed by atoms with E-state index in [4.69, 9.17) is 5.84 Å². The summed E-state index contributed by atoms with van der Waals surface area (Å²) in [5.41, 5.74) is 3.55. The van der Waals surface area contributed by atoms with E-state index in [-0.39, 0.29) is 6.04 Å². The van der Waals surface area contributed by atoms with Crippen LogP contribution in [0.2, 0.25) is 0 Å². The van der Waals surface area contributed by atoms with Crippen molar-refractivity contribution in [1.82, 2.24) is 5.43 Å². The van der Waals surface area contributed by atoms with E-state index in [1.165, 1.54) is 0 Å². The summed E-state index contributed by atoms with van der Waals surface area (Å²) < 4.78 is 0. The molecule has 0 bridgehead atoms. The number of hydrogen-bond acceptors (Lipinski definition) is 2. The number of anilines is 1. The van der Waals surface area contributed by atoms with Crippen molar-refractivity contribution >= 4 is 11.6 Å². The first kappa shape index (κ1) is 12.5. The molecule has 0 aliphatic heterocycles. The molecule has 0 fully saturated rings. The monoisotopic (exact) mass is 220 g/mol. The van der Waals surface area contributed by atoms with Crippen LogP contribution in [0.4, 0.5) is 5.69 Å². The minimum atomic E-state index is 0.271. The van der Waals surface area contributed by atoms with Crippen LogP contribution in [0.5, 0.6) is 0 Å². The van der Waals surface area contributed by atoms with Gasteiger partial charge in [-0.2, -0.15) is 0 Å². The molecule has 4 nitrogen and oxygen atoms in total. The van der Waals surface area contributed by atoms with Gasteiger partial charge in [0.15, 0.2) is 0 Å². The zero-order valence-electron chi connectivity index (χ0n) is 9.90. The number of nitrogens with zero attached hydrogens (tertiary/aromatic N) is 1. The first-order chi connectivity index (χ1) is 7.76. The van der Waals surface area contributed by atoms with Crippen LogP contribution in [0, 0.1) is 0 Å². The highest BCUT2D eigenvalue weighted by Crippen LogP contribution is 2.06. The summed E-state index contributed by atoms with van der Waals surface area (Å²) in [6, 6.07) is 10.1. The number of nitrogens with one attached hydrogen (secondary N) is 2. The number of nitrogens with two attached hydrogens (primary N) is 1. The fourth-order valence-electron chi connectivity index (χ4n) is 1.47. The molecule has 0 spiro atoms. The van der Waals surface area contributed by atoms with Gasteiger partial charge in [-0.25, -0.2) is 10.8 Å². The topological polar surface area (TPSA) is 62.4 Å². The van der Waals surface area contributed by atoms with Gasteiger partial charge >= 0.3 is 0 Å². The van der Waals surface area contributed by atoms with Gasteiger partial charge in [-0.3, -0.25) is 5.43 Å². The van der Waals surface area contributed by atoms with Crippen molar-refractivity contribution in [3.05, 3.63) is 30.3 Å². The number of para-hydroxylation sites is 1. The molecule has 4 N–H and O–H groups in total. The van der Waals surface area contributed by atoms with Crippen molar-refractivity contribution < 1.29 is 0 Å². The maximum atomic E-state index is 5.42. The summed E-state index contributed by atoms with van der Waals surface area (Å²) >= 11 is 0. The molecular weight excluding hydrogens is 200 g/mol. The molecule has 16 heavy (non-hydrogen) atoms. The van der Waals surface area contributed by atoms with Gasteiger partial charge in [0.2, 0.25) is 5.96 Å². The first-order valence-electron chi connectivity index (χ1n) is 5.62. The summed E-state index contributed by atoms with van der Waals surface area (Å²) in [6.45, 7) is 4.22. The Morgan fingerprint density at radius 1 is 1.38 bits per heavy atom. The molecule has 1 rings (SSSR count). The fraction of sp³-hybridized carbons (Fsp3) is 0.417. The minimum Gasteiger partial charge on any atom is -0.325 e. The van der Waals surface area contributed by atoms with Crippen LogP contribution in [0.25, 0.3) is 0 Å². The molecule has 0 heterocycles. The van der Waals surface area contributed by atoms with Crippen LogP contribution in [0.15, 0.2) is 35.3 Å². The van der Waals surface area contributed by atoms with Crippen molar-refractivity contribution in [2.45, 2.75) is 32.7 Å². The third-order valence-electron chi connectivity index (χ3n) is 2.23. The molecule has 1 atom stereocenters. The predicted molar refractivity (Wildman–Crippen MR) is 69.2 cm³/mol. The standard InChI is InChI=1S/C12H20N4/c1-3-7-10(2)14-12(16-13)15-11-8-5-4-6-9-11/h4-6,8-10H,3,7,13H2,1-2H3,(H2,14,15,16). The zero-order chi connectivity index (χ0) is 11.8. The second-order valence-corrected chi connectivity index (χ2v) is 3.75. The molecule has 0 radical (unpaired) electrons. The van der Waals surface area contributed by atoms with Crippen molar-refractivity contribution in [1.29, 1.82) is 0 Å². The molecular formula is C12H20N4. The number of rotatable bonds is 4. The molecule has 4 heteroatoms. The average molecular weight is 220 g/mol. The van der Waals surface area contributed by atoms with E-state index in [1.807, 2.05) is 30.3 Å². The molecule has 1 aromatic carbocycles. The molecule has 1 unspecified atom stereocenters. The number of guanidine groups is 1. The SMILES string of the molecule is CCCC(C)N=C(NN)Nc1ccccc1. The summed E-state index contributed by atoms with van der Waals surface area (Å²) in [5.74, 6) is 6.03. The van der Waals surface area contributed by atoms with Gasteiger partial charge in [-0.05, 0) is 25.5 Å². The van der Waals surface area contributed by atoms with Crippen molar-refractivity contribution in [3.63, 3.8) is 0 Å². The lowest BCUT2D eigenvalue weighted by molar-refractivity contribution is 0.651. The molecule has 88 valence electrons. The third kappa shape index (κ3) is 4.31. The Morgan fingerprint density at radius 3 is 2.62 bits per heavy atom. The minimum absolute atomic E-state index is 0.271. The highest BCUT2D eigenvalue weighted by atomic mass is 15.3. The van der Waals surface area contributed by atoms with Crippen molar-refractivity contribution in [3.8, 4) is 0 Å². The van der Waals surface area contributed by atoms with Gasteiger partial charge in [0, 0.05) is 5.69 Å². The third-order valence-corrected chi connectivity index (χ3v) is 2.23. The Hall–Kier alpha value is -1.55. The lowest BCUT2D eigenvalue weighted by atomic mass is 10.2. The molecule has 0 saturated heterocycles. The second kappa shape index (κ2) is 6.85. The van der Waals surface area contributed by atoms with Crippen molar-refractivity contribution in [2.75, 3.05) is 5.32 Å². The Kier molecular flexibility index (Phi) is 5.36. The number of aliphatic imine (C=N–C) groups is 1. The molecule has 0 aliphatic rings. The fourth-order valence-corrected chi connectivity index (χ4v) is 1.47. The van der Waals surface area contributed by atoms with E-state index >= 15 is 0 Å². The number of benzene rings is 1. The lowest BCUT2D eigenvalue weighted by Gasteiger charge is -2.11. The normalized spacial score (nSPS) is 13.3. The number of hydrogen-bond donors (Lipinski definition) is 3. The Balaban J connectivity index is 2.61. The number of hydrazine groups is 1. The summed E-state index contributed by atoms with van der Waals surface area (Å²) in [7, 11) is 0. The maximum absolute atomic E-state index is 5.42. The summed E-state index contributed by atoms with van der Waals surface area (Å²) in [5, 5.41) is 3.13. The van der Waals surface area contributed by atoms with Gasteiger partial charge in [0.05, 0.1) is 6.04 Å². The molecule has 1 aromatic rings. The van der Waals surface area contributed by atoms with Gasteiger partial charge < -0.3 is 5.32 Å². The van der Waals surface area contributed by atoms with E-state index in [1.54, 1.807) is 0 Å². The Bertz CT molecular complexity index is 321.